The maximum Gasteiger partial charge on any atom is 0.207 e. The Morgan fingerprint density at radius 1 is 1.25 bits per heavy atom. The predicted molar refractivity (Wildman–Crippen MR) is 39.0 cm³/mol. The van der Waals surface area contributed by atoms with E-state index in [1.807, 2.05) is 0 Å². The third-order valence-corrected chi connectivity index (χ3v) is 1.24. The molecule has 0 bridgehead atoms. The first-order valence-electron chi connectivity index (χ1n) is 3.23. The molecular weight excluding hydrogens is 168 g/mol. The molecule has 0 N–H and O–H groups in total. The van der Waals surface area contributed by atoms with Crippen molar-refractivity contribution in [2.24, 2.45) is 0 Å². The topological polar surface area (TPSA) is 92.8 Å². The van der Waals surface area contributed by atoms with Gasteiger partial charge < -0.3 is 0 Å². The van der Waals surface area contributed by atoms with E-state index in [2.05, 4.69) is 0 Å². The molecule has 0 amide bonds. The van der Waals surface area contributed by atoms with E-state index >= 15 is 0 Å². The van der Waals surface area contributed by atoms with Crippen molar-refractivity contribution in [3.8, 4) is 0 Å². The highest BCUT2D eigenvalue weighted by Crippen LogP contribution is 1.91. The van der Waals surface area contributed by atoms with Crippen LogP contribution in [0.25, 0.3) is 0 Å². The molecule has 0 aromatic heterocycles. The van der Waals surface area contributed by atoms with Gasteiger partial charge in [0.15, 0.2) is 10.1 Å². The smallest absolute Gasteiger partial charge is 0.207 e. The lowest BCUT2D eigenvalue weighted by Crippen LogP contribution is -2.41. The van der Waals surface area contributed by atoms with Crippen LogP contribution in [0.1, 0.15) is 6.92 Å². The zero-order chi connectivity index (χ0) is 9.72. The maximum atomic E-state index is 10.2. The van der Waals surface area contributed by atoms with E-state index in [9.17, 15) is 20.2 Å². The lowest BCUT2D eigenvalue weighted by molar-refractivity contribution is -0.707. The van der Waals surface area contributed by atoms with E-state index in [-0.39, 0.29) is 13.2 Å². The van der Waals surface area contributed by atoms with Gasteiger partial charge in [-0.05, 0) is 6.92 Å². The molecule has 0 rings (SSSR count). The Morgan fingerprint density at radius 3 is 2.00 bits per heavy atom. The summed E-state index contributed by atoms with van der Waals surface area (Å²) in [5, 5.41) is 20.2. The number of hydrogen-bond donors (Lipinski definition) is 0. The van der Waals surface area contributed by atoms with Crippen LogP contribution in [0.4, 0.5) is 0 Å². The van der Waals surface area contributed by atoms with Crippen LogP contribution >= 0.6 is 0 Å². The van der Waals surface area contributed by atoms with Crippen LogP contribution in [0.15, 0.2) is 0 Å². The van der Waals surface area contributed by atoms with Gasteiger partial charge in [-0.2, -0.15) is 0 Å². The second-order valence-electron chi connectivity index (χ2n) is 2.10. The molecule has 0 fully saturated rings. The summed E-state index contributed by atoms with van der Waals surface area (Å²) < 4.78 is 0. The average molecular weight is 178 g/mol. The fraction of sp³-hybridized carbons (Fsp3) is 1.00. The Balaban J connectivity index is 4.02. The van der Waals surface area contributed by atoms with Gasteiger partial charge in [0.25, 0.3) is 0 Å². The molecule has 0 heterocycles. The van der Waals surface area contributed by atoms with Gasteiger partial charge in [-0.15, -0.1) is 10.0 Å². The molecule has 70 valence electrons. The predicted octanol–water partition coefficient (Wildman–Crippen LogP) is -0.419. The number of hydrogen-bond acceptors (Lipinski definition) is 4. The summed E-state index contributed by atoms with van der Waals surface area (Å²) in [7, 11) is 1.17. The van der Waals surface area contributed by atoms with Crippen molar-refractivity contribution < 1.29 is 10.1 Å². The Morgan fingerprint density at radius 2 is 1.75 bits per heavy atom. The lowest BCUT2D eigenvalue weighted by Gasteiger charge is -2.14. The second kappa shape index (κ2) is 4.31. The zero-order valence-electron chi connectivity index (χ0n) is 6.84. The molecule has 0 atom stereocenters. The summed E-state index contributed by atoms with van der Waals surface area (Å²) in [5.41, 5.74) is 0. The molecule has 12 heavy (non-hydrogen) atoms. The van der Waals surface area contributed by atoms with E-state index in [4.69, 9.17) is 0 Å². The van der Waals surface area contributed by atoms with Gasteiger partial charge in [0, 0.05) is 0 Å². The highest BCUT2D eigenvalue weighted by atomic mass is 16.7. The van der Waals surface area contributed by atoms with Crippen LogP contribution in [0, 0.1) is 20.2 Å². The van der Waals surface area contributed by atoms with Crippen molar-refractivity contribution in [3.05, 3.63) is 20.2 Å². The van der Waals surface area contributed by atoms with Crippen LogP contribution in [-0.4, -0.2) is 40.3 Å². The fourth-order valence-electron chi connectivity index (χ4n) is 0.555. The molecule has 8 heteroatoms. The third-order valence-electron chi connectivity index (χ3n) is 1.24. The molecule has 0 aromatic rings. The first-order valence-corrected chi connectivity index (χ1v) is 3.23. The highest BCUT2D eigenvalue weighted by molar-refractivity contribution is 4.34. The first kappa shape index (κ1) is 10.4. The van der Waals surface area contributed by atoms with E-state index < -0.39 is 10.1 Å². The van der Waals surface area contributed by atoms with Gasteiger partial charge in [0.2, 0.25) is 6.67 Å². The second-order valence-corrected chi connectivity index (χ2v) is 2.10. The molecule has 0 saturated carbocycles. The summed E-state index contributed by atoms with van der Waals surface area (Å²) >= 11 is 0. The Labute approximate surface area is 68.6 Å². The van der Waals surface area contributed by atoms with Crippen molar-refractivity contribution in [2.75, 3.05) is 20.3 Å². The van der Waals surface area contributed by atoms with Crippen LogP contribution in [-0.2, 0) is 0 Å². The molecule has 0 spiro atoms. The molecule has 0 aromatic carbocycles. The number of rotatable bonds is 5. The summed E-state index contributed by atoms with van der Waals surface area (Å²) in [6.45, 7) is 1.36. The van der Waals surface area contributed by atoms with Crippen LogP contribution < -0.4 is 0 Å². The summed E-state index contributed by atoms with van der Waals surface area (Å²) in [6.07, 6.45) is 0. The molecule has 0 saturated heterocycles. The van der Waals surface area contributed by atoms with Crippen molar-refractivity contribution in [1.82, 2.24) is 10.0 Å². The largest absolute Gasteiger partial charge is 0.235 e. The lowest BCUT2D eigenvalue weighted by atomic mass is 10.7. The average Bonchev–Trinajstić information content (AvgIpc) is 1.98. The maximum absolute atomic E-state index is 10.2. The summed E-state index contributed by atoms with van der Waals surface area (Å²) in [5.74, 6) is 0. The monoisotopic (exact) mass is 178 g/mol. The standard InChI is InChI=1S/C4H10N4O4/c1-3-6(8(11)12)4-5(2)7(9)10/h3-4H2,1-2H3. The molecule has 0 unspecified atom stereocenters. The van der Waals surface area contributed by atoms with Crippen molar-refractivity contribution in [3.63, 3.8) is 0 Å². The number of nitro groups is 2. The van der Waals surface area contributed by atoms with Gasteiger partial charge in [-0.25, -0.2) is 20.2 Å². The summed E-state index contributed by atoms with van der Waals surface area (Å²) in [6, 6.07) is 0. The van der Waals surface area contributed by atoms with Gasteiger partial charge in [0.05, 0.1) is 13.6 Å². The van der Waals surface area contributed by atoms with Gasteiger partial charge >= 0.3 is 0 Å². The van der Waals surface area contributed by atoms with Crippen molar-refractivity contribution in [2.45, 2.75) is 6.92 Å². The van der Waals surface area contributed by atoms with E-state index in [0.29, 0.717) is 5.01 Å². The third kappa shape index (κ3) is 2.99. The molecule has 0 aliphatic rings. The highest BCUT2D eigenvalue weighted by Gasteiger charge is 2.18. The Hall–Kier alpha value is -1.60. The van der Waals surface area contributed by atoms with Gasteiger partial charge in [0.1, 0.15) is 0 Å². The number of nitrogens with zero attached hydrogens (tertiary/aromatic N) is 4. The summed E-state index contributed by atoms with van der Waals surface area (Å²) in [4.78, 5) is 20.2. The van der Waals surface area contributed by atoms with E-state index in [0.717, 1.165) is 5.01 Å². The van der Waals surface area contributed by atoms with E-state index in [1.54, 1.807) is 6.92 Å². The minimum Gasteiger partial charge on any atom is -0.235 e. The minimum atomic E-state index is -0.702. The van der Waals surface area contributed by atoms with Crippen LogP contribution in [0.2, 0.25) is 0 Å². The Bertz CT molecular complexity index is 184. The normalized spacial score (nSPS) is 9.17. The molecule has 0 radical (unpaired) electrons. The molecular formula is C4H10N4O4. The quantitative estimate of drug-likeness (QED) is 0.322. The molecule has 0 aliphatic heterocycles. The number of hydrazine groups is 2. The van der Waals surface area contributed by atoms with Crippen molar-refractivity contribution >= 4 is 0 Å². The first-order chi connectivity index (χ1) is 5.49. The molecule has 0 aliphatic carbocycles. The van der Waals surface area contributed by atoms with Crippen LogP contribution in [0.3, 0.4) is 0 Å². The van der Waals surface area contributed by atoms with E-state index in [1.165, 1.54) is 7.05 Å². The SMILES string of the molecule is CCN(CN(C)[N+](=O)[O-])[N+](=O)[O-]. The van der Waals surface area contributed by atoms with Crippen LogP contribution in [0.5, 0.6) is 0 Å². The van der Waals surface area contributed by atoms with Crippen molar-refractivity contribution in [1.29, 1.82) is 0 Å². The van der Waals surface area contributed by atoms with Gasteiger partial charge in [-0.1, -0.05) is 0 Å². The van der Waals surface area contributed by atoms with Gasteiger partial charge in [-0.3, -0.25) is 0 Å². The zero-order valence-corrected chi connectivity index (χ0v) is 6.84. The molecule has 8 nitrogen and oxygen atoms in total. The Kier molecular flexibility index (Phi) is 3.74. The minimum absolute atomic E-state index is 0.130. The fourth-order valence-corrected chi connectivity index (χ4v) is 0.555.